The van der Waals surface area contributed by atoms with E-state index in [4.69, 9.17) is 5.73 Å². The highest BCUT2D eigenvalue weighted by molar-refractivity contribution is 5.73. The summed E-state index contributed by atoms with van der Waals surface area (Å²) in [4.78, 5) is 10.6. The van der Waals surface area contributed by atoms with E-state index in [1.54, 1.807) is 0 Å². The molecule has 1 unspecified atom stereocenters. The first-order valence-electron chi connectivity index (χ1n) is 9.13. The molecule has 0 saturated carbocycles. The molecule has 0 aromatic rings. The van der Waals surface area contributed by atoms with Crippen molar-refractivity contribution < 1.29 is 9.90 Å². The molecule has 0 radical (unpaired) electrons. The fraction of sp³-hybridized carbons (Fsp3) is 0.944. The maximum absolute atomic E-state index is 10.6. The van der Waals surface area contributed by atoms with Gasteiger partial charge in [-0.2, -0.15) is 0 Å². The quantitative estimate of drug-likeness (QED) is 0.406. The van der Waals surface area contributed by atoms with E-state index in [2.05, 4.69) is 6.92 Å². The topological polar surface area (TPSA) is 63.3 Å². The summed E-state index contributed by atoms with van der Waals surface area (Å²) >= 11 is 0. The van der Waals surface area contributed by atoms with Crippen LogP contribution in [0.2, 0.25) is 0 Å². The smallest absolute Gasteiger partial charge is 0.217 e. The van der Waals surface area contributed by atoms with Crippen LogP contribution in [0.3, 0.4) is 0 Å². The number of carbonyl (C=O) groups excluding carboxylic acids is 1. The lowest BCUT2D eigenvalue weighted by Gasteiger charge is -2.09. The molecule has 0 heterocycles. The van der Waals surface area contributed by atoms with Crippen LogP contribution in [0.25, 0.3) is 0 Å². The van der Waals surface area contributed by atoms with Gasteiger partial charge in [0.15, 0.2) is 0 Å². The fourth-order valence-electron chi connectivity index (χ4n) is 2.69. The number of nitrogens with two attached hydrogens (primary N) is 1. The summed E-state index contributed by atoms with van der Waals surface area (Å²) in [6.07, 6.45) is 17.0. The molecule has 3 nitrogen and oxygen atoms in total. The van der Waals surface area contributed by atoms with Crippen LogP contribution in [0.15, 0.2) is 0 Å². The van der Waals surface area contributed by atoms with Gasteiger partial charge in [-0.3, -0.25) is 4.79 Å². The maximum atomic E-state index is 10.6. The first-order valence-corrected chi connectivity index (χ1v) is 9.13. The van der Waals surface area contributed by atoms with E-state index in [0.29, 0.717) is 6.42 Å². The average molecular weight is 299 g/mol. The van der Waals surface area contributed by atoms with Crippen LogP contribution < -0.4 is 5.73 Å². The Bertz CT molecular complexity index is 231. The van der Waals surface area contributed by atoms with Gasteiger partial charge in [-0.25, -0.2) is 0 Å². The monoisotopic (exact) mass is 299 g/mol. The van der Waals surface area contributed by atoms with E-state index in [1.807, 2.05) is 0 Å². The minimum atomic E-state index is -0.237. The molecule has 0 aliphatic carbocycles. The van der Waals surface area contributed by atoms with Crippen molar-refractivity contribution in [2.75, 3.05) is 0 Å². The van der Waals surface area contributed by atoms with Crippen molar-refractivity contribution in [3.63, 3.8) is 0 Å². The number of primary amides is 1. The molecule has 21 heavy (non-hydrogen) atoms. The van der Waals surface area contributed by atoms with Crippen LogP contribution >= 0.6 is 0 Å². The third-order valence-electron chi connectivity index (χ3n) is 4.10. The first-order chi connectivity index (χ1) is 10.2. The van der Waals surface area contributed by atoms with Crippen molar-refractivity contribution in [1.29, 1.82) is 0 Å². The average Bonchev–Trinajstić information content (AvgIpc) is 2.45. The van der Waals surface area contributed by atoms with Crippen LogP contribution in [0.5, 0.6) is 0 Å². The zero-order chi connectivity index (χ0) is 15.8. The maximum Gasteiger partial charge on any atom is 0.217 e. The summed E-state index contributed by atoms with van der Waals surface area (Å²) in [5.74, 6) is -0.237. The molecule has 0 bridgehead atoms. The van der Waals surface area contributed by atoms with Crippen molar-refractivity contribution in [2.24, 2.45) is 5.73 Å². The summed E-state index contributed by atoms with van der Waals surface area (Å²) in [5.41, 5.74) is 5.08. The molecule has 1 atom stereocenters. The van der Waals surface area contributed by atoms with Crippen LogP contribution in [0.1, 0.15) is 103 Å². The molecule has 0 aromatic carbocycles. The van der Waals surface area contributed by atoms with E-state index in [1.165, 1.54) is 57.8 Å². The van der Waals surface area contributed by atoms with Gasteiger partial charge in [-0.15, -0.1) is 0 Å². The second kappa shape index (κ2) is 15.8. The Hall–Kier alpha value is -0.570. The summed E-state index contributed by atoms with van der Waals surface area (Å²) in [7, 11) is 0. The molecular formula is C18H37NO2. The van der Waals surface area contributed by atoms with Crippen LogP contribution in [0, 0.1) is 0 Å². The second-order valence-electron chi connectivity index (χ2n) is 6.34. The van der Waals surface area contributed by atoms with E-state index >= 15 is 0 Å². The van der Waals surface area contributed by atoms with Crippen LogP contribution in [-0.2, 0) is 4.79 Å². The molecule has 0 rings (SSSR count). The summed E-state index contributed by atoms with van der Waals surface area (Å²) in [6.45, 7) is 2.26. The molecule has 1 amide bonds. The van der Waals surface area contributed by atoms with Gasteiger partial charge >= 0.3 is 0 Å². The molecule has 0 aliphatic rings. The lowest BCUT2D eigenvalue weighted by molar-refractivity contribution is -0.118. The van der Waals surface area contributed by atoms with Gasteiger partial charge in [-0.1, -0.05) is 77.6 Å². The normalized spacial score (nSPS) is 12.5. The molecule has 0 aliphatic heterocycles. The molecule has 0 aromatic heterocycles. The number of rotatable bonds is 16. The third-order valence-corrected chi connectivity index (χ3v) is 4.10. The predicted molar refractivity (Wildman–Crippen MR) is 90.1 cm³/mol. The highest BCUT2D eigenvalue weighted by atomic mass is 16.3. The molecule has 0 saturated heterocycles. The zero-order valence-corrected chi connectivity index (χ0v) is 14.1. The molecule has 3 N–H and O–H groups in total. The van der Waals surface area contributed by atoms with Gasteiger partial charge in [0.05, 0.1) is 6.10 Å². The highest BCUT2D eigenvalue weighted by Gasteiger charge is 2.04. The summed E-state index contributed by atoms with van der Waals surface area (Å²) in [5, 5.41) is 9.82. The summed E-state index contributed by atoms with van der Waals surface area (Å²) < 4.78 is 0. The standard InChI is InChI=1S/C18H37NO2/c1-2-3-4-5-6-7-8-9-10-11-14-17(20)15-12-13-16-18(19)21/h17,20H,2-16H2,1H3,(H2,19,21). The van der Waals surface area contributed by atoms with Gasteiger partial charge in [0, 0.05) is 6.42 Å². The molecule has 0 spiro atoms. The lowest BCUT2D eigenvalue weighted by Crippen LogP contribution is -2.11. The Morgan fingerprint density at radius 2 is 1.24 bits per heavy atom. The van der Waals surface area contributed by atoms with E-state index in [9.17, 15) is 9.90 Å². The Kier molecular flexibility index (Phi) is 15.4. The molecular weight excluding hydrogens is 262 g/mol. The SMILES string of the molecule is CCCCCCCCCCCCC(O)CCCCC(N)=O. The van der Waals surface area contributed by atoms with E-state index < -0.39 is 0 Å². The van der Waals surface area contributed by atoms with Crippen molar-refractivity contribution in [2.45, 2.75) is 109 Å². The van der Waals surface area contributed by atoms with Crippen molar-refractivity contribution in [3.8, 4) is 0 Å². The second-order valence-corrected chi connectivity index (χ2v) is 6.34. The number of hydrogen-bond donors (Lipinski definition) is 2. The number of carbonyl (C=O) groups is 1. The Labute approximate surface area is 131 Å². The first kappa shape index (κ1) is 20.4. The third kappa shape index (κ3) is 17.4. The van der Waals surface area contributed by atoms with Gasteiger partial charge in [0.25, 0.3) is 0 Å². The fourth-order valence-corrected chi connectivity index (χ4v) is 2.69. The van der Waals surface area contributed by atoms with Crippen molar-refractivity contribution >= 4 is 5.91 Å². The predicted octanol–water partition coefficient (Wildman–Crippen LogP) is 4.70. The number of aliphatic hydroxyl groups excluding tert-OH is 1. The zero-order valence-electron chi connectivity index (χ0n) is 14.1. The molecule has 0 fully saturated rings. The summed E-state index contributed by atoms with van der Waals surface area (Å²) in [6, 6.07) is 0. The largest absolute Gasteiger partial charge is 0.393 e. The minimum Gasteiger partial charge on any atom is -0.393 e. The minimum absolute atomic E-state index is 0.188. The number of amides is 1. The molecule has 3 heteroatoms. The van der Waals surface area contributed by atoms with Crippen molar-refractivity contribution in [1.82, 2.24) is 0 Å². The van der Waals surface area contributed by atoms with Gasteiger partial charge in [-0.05, 0) is 19.3 Å². The molecule has 126 valence electrons. The number of hydrogen-bond acceptors (Lipinski definition) is 2. The van der Waals surface area contributed by atoms with E-state index in [-0.39, 0.29) is 12.0 Å². The Balaban J connectivity index is 3.14. The van der Waals surface area contributed by atoms with E-state index in [0.717, 1.165) is 32.1 Å². The number of unbranched alkanes of at least 4 members (excludes halogenated alkanes) is 10. The van der Waals surface area contributed by atoms with Gasteiger partial charge in [0.2, 0.25) is 5.91 Å². The van der Waals surface area contributed by atoms with Crippen molar-refractivity contribution in [3.05, 3.63) is 0 Å². The Morgan fingerprint density at radius 1 is 0.810 bits per heavy atom. The van der Waals surface area contributed by atoms with Crippen LogP contribution in [-0.4, -0.2) is 17.1 Å². The van der Waals surface area contributed by atoms with Gasteiger partial charge < -0.3 is 10.8 Å². The lowest BCUT2D eigenvalue weighted by atomic mass is 10.0. The van der Waals surface area contributed by atoms with Crippen LogP contribution in [0.4, 0.5) is 0 Å². The Morgan fingerprint density at radius 3 is 1.71 bits per heavy atom. The van der Waals surface area contributed by atoms with Gasteiger partial charge in [0.1, 0.15) is 0 Å². The highest BCUT2D eigenvalue weighted by Crippen LogP contribution is 2.14. The number of aliphatic hydroxyl groups is 1.